The Morgan fingerprint density at radius 3 is 2.59 bits per heavy atom. The first-order chi connectivity index (χ1) is 15.3. The molecule has 32 heavy (non-hydrogen) atoms. The number of rotatable bonds is 8. The molecule has 6 nitrogen and oxygen atoms in total. The number of aromatic nitrogens is 1. The van der Waals surface area contributed by atoms with Crippen molar-refractivity contribution in [2.45, 2.75) is 46.5 Å². The highest BCUT2D eigenvalue weighted by Crippen LogP contribution is 2.27. The molecule has 0 fully saturated rings. The van der Waals surface area contributed by atoms with Crippen molar-refractivity contribution in [3.05, 3.63) is 77.0 Å². The average Bonchev–Trinajstić information content (AvgIpc) is 2.74. The van der Waals surface area contributed by atoms with Gasteiger partial charge in [0.2, 0.25) is 0 Å². The average molecular weight is 430 g/mol. The molecule has 0 aliphatic rings. The van der Waals surface area contributed by atoms with Gasteiger partial charge in [-0.05, 0) is 66.8 Å². The third-order valence-electron chi connectivity index (χ3n) is 5.34. The standard InChI is InChI=1S/C26H31N5O/c1-5-7-22(27)24-23(12-13-29-25(24)28)30-19-9-6-8-18(15-19)26(32)31-20-10-11-21(16(2)3)17(4)14-20/h6,8-16,27H,5,7H2,1-4H3,(H,31,32)(H3,28,29,30). The Balaban J connectivity index is 1.81. The summed E-state index contributed by atoms with van der Waals surface area (Å²) in [5.74, 6) is 0.578. The molecule has 0 unspecified atom stereocenters. The Morgan fingerprint density at radius 2 is 1.91 bits per heavy atom. The number of nitrogens with two attached hydrogens (primary N) is 1. The van der Waals surface area contributed by atoms with E-state index in [1.54, 1.807) is 24.4 Å². The molecule has 1 heterocycles. The fraction of sp³-hybridized carbons (Fsp3) is 0.269. The number of hydrogen-bond acceptors (Lipinski definition) is 5. The molecule has 0 bridgehead atoms. The molecule has 0 aliphatic carbocycles. The molecular weight excluding hydrogens is 398 g/mol. The van der Waals surface area contributed by atoms with Gasteiger partial charge in [-0.2, -0.15) is 0 Å². The number of carbonyl (C=O) groups is 1. The van der Waals surface area contributed by atoms with Crippen molar-refractivity contribution in [1.29, 1.82) is 5.41 Å². The van der Waals surface area contributed by atoms with Gasteiger partial charge in [-0.25, -0.2) is 4.98 Å². The van der Waals surface area contributed by atoms with Gasteiger partial charge in [-0.15, -0.1) is 0 Å². The Labute approximate surface area is 189 Å². The molecule has 166 valence electrons. The molecular formula is C26H31N5O. The highest BCUT2D eigenvalue weighted by molar-refractivity contribution is 6.07. The van der Waals surface area contributed by atoms with Crippen molar-refractivity contribution in [2.75, 3.05) is 16.4 Å². The summed E-state index contributed by atoms with van der Waals surface area (Å²) in [5.41, 5.74) is 12.3. The van der Waals surface area contributed by atoms with Crippen LogP contribution in [-0.2, 0) is 0 Å². The SMILES string of the molecule is CCCC(=N)c1c(Nc2cccc(C(=O)Nc3ccc(C(C)C)c(C)c3)c2)ccnc1N. The van der Waals surface area contributed by atoms with Gasteiger partial charge in [-0.1, -0.05) is 39.3 Å². The summed E-state index contributed by atoms with van der Waals surface area (Å²) in [4.78, 5) is 17.0. The van der Waals surface area contributed by atoms with E-state index in [9.17, 15) is 4.79 Å². The maximum Gasteiger partial charge on any atom is 0.255 e. The lowest BCUT2D eigenvalue weighted by Gasteiger charge is -2.15. The lowest BCUT2D eigenvalue weighted by atomic mass is 9.97. The second-order valence-electron chi connectivity index (χ2n) is 8.23. The minimum atomic E-state index is -0.182. The van der Waals surface area contributed by atoms with Crippen LogP contribution >= 0.6 is 0 Å². The maximum absolute atomic E-state index is 12.9. The molecule has 0 radical (unpaired) electrons. The summed E-state index contributed by atoms with van der Waals surface area (Å²) in [6, 6.07) is 15.1. The lowest BCUT2D eigenvalue weighted by Crippen LogP contribution is -2.13. The van der Waals surface area contributed by atoms with E-state index in [0.29, 0.717) is 40.7 Å². The molecule has 0 aliphatic heterocycles. The second kappa shape index (κ2) is 10.1. The molecule has 2 aromatic carbocycles. The van der Waals surface area contributed by atoms with Crippen LogP contribution in [0.1, 0.15) is 66.6 Å². The molecule has 0 saturated heterocycles. The summed E-state index contributed by atoms with van der Waals surface area (Å²) in [6.07, 6.45) is 3.07. The quantitative estimate of drug-likeness (QED) is 0.317. The summed E-state index contributed by atoms with van der Waals surface area (Å²) in [5, 5.41) is 14.6. The zero-order chi connectivity index (χ0) is 23.3. The normalized spacial score (nSPS) is 10.8. The summed E-state index contributed by atoms with van der Waals surface area (Å²) in [7, 11) is 0. The summed E-state index contributed by atoms with van der Waals surface area (Å²) >= 11 is 0. The van der Waals surface area contributed by atoms with E-state index < -0.39 is 0 Å². The zero-order valence-corrected chi connectivity index (χ0v) is 19.1. The summed E-state index contributed by atoms with van der Waals surface area (Å²) < 4.78 is 0. The van der Waals surface area contributed by atoms with Gasteiger partial charge in [0.1, 0.15) is 5.82 Å². The first-order valence-electron chi connectivity index (χ1n) is 10.9. The number of amides is 1. The largest absolute Gasteiger partial charge is 0.383 e. The van der Waals surface area contributed by atoms with Crippen LogP contribution < -0.4 is 16.4 Å². The van der Waals surface area contributed by atoms with Crippen molar-refractivity contribution in [3.8, 4) is 0 Å². The van der Waals surface area contributed by atoms with E-state index in [-0.39, 0.29) is 5.91 Å². The van der Waals surface area contributed by atoms with Crippen LogP contribution in [0.5, 0.6) is 0 Å². The van der Waals surface area contributed by atoms with Crippen molar-refractivity contribution in [2.24, 2.45) is 0 Å². The van der Waals surface area contributed by atoms with Crippen LogP contribution in [0.25, 0.3) is 0 Å². The number of aryl methyl sites for hydroxylation is 1. The van der Waals surface area contributed by atoms with E-state index in [1.165, 1.54) is 5.56 Å². The molecule has 6 heteroatoms. The van der Waals surface area contributed by atoms with E-state index in [1.807, 2.05) is 31.2 Å². The second-order valence-corrected chi connectivity index (χ2v) is 8.23. The van der Waals surface area contributed by atoms with Crippen LogP contribution in [0.3, 0.4) is 0 Å². The predicted octanol–water partition coefficient (Wildman–Crippen LogP) is 6.26. The molecule has 0 spiro atoms. The molecule has 3 aromatic rings. The topological polar surface area (TPSA) is 104 Å². The van der Waals surface area contributed by atoms with Crippen molar-refractivity contribution in [1.82, 2.24) is 4.98 Å². The van der Waals surface area contributed by atoms with E-state index in [4.69, 9.17) is 11.1 Å². The van der Waals surface area contributed by atoms with Crippen LogP contribution in [0.4, 0.5) is 22.9 Å². The first kappa shape index (κ1) is 23.0. The van der Waals surface area contributed by atoms with Gasteiger partial charge in [0, 0.05) is 28.8 Å². The lowest BCUT2D eigenvalue weighted by molar-refractivity contribution is 0.102. The van der Waals surface area contributed by atoms with Gasteiger partial charge in [0.15, 0.2) is 0 Å². The first-order valence-corrected chi connectivity index (χ1v) is 10.9. The van der Waals surface area contributed by atoms with Crippen molar-refractivity contribution in [3.63, 3.8) is 0 Å². The number of hydrogen-bond donors (Lipinski definition) is 4. The third kappa shape index (κ3) is 5.32. The minimum Gasteiger partial charge on any atom is -0.383 e. The van der Waals surface area contributed by atoms with E-state index in [2.05, 4.69) is 42.5 Å². The third-order valence-corrected chi connectivity index (χ3v) is 5.34. The van der Waals surface area contributed by atoms with Gasteiger partial charge in [0.25, 0.3) is 5.91 Å². The monoisotopic (exact) mass is 429 g/mol. The molecule has 0 atom stereocenters. The number of anilines is 4. The number of carbonyl (C=O) groups excluding carboxylic acids is 1. The molecule has 5 N–H and O–H groups in total. The number of nitrogen functional groups attached to an aromatic ring is 1. The number of nitrogens with one attached hydrogen (secondary N) is 3. The number of nitrogens with zero attached hydrogens (tertiary/aromatic N) is 1. The molecule has 0 saturated carbocycles. The molecule has 3 rings (SSSR count). The fourth-order valence-corrected chi connectivity index (χ4v) is 3.77. The van der Waals surface area contributed by atoms with E-state index >= 15 is 0 Å². The highest BCUT2D eigenvalue weighted by atomic mass is 16.1. The maximum atomic E-state index is 12.9. The Bertz CT molecular complexity index is 1140. The van der Waals surface area contributed by atoms with Crippen LogP contribution in [0, 0.1) is 12.3 Å². The predicted molar refractivity (Wildman–Crippen MR) is 133 cm³/mol. The van der Waals surface area contributed by atoms with Crippen LogP contribution in [0.15, 0.2) is 54.7 Å². The minimum absolute atomic E-state index is 0.182. The van der Waals surface area contributed by atoms with Crippen molar-refractivity contribution >= 4 is 34.5 Å². The van der Waals surface area contributed by atoms with Gasteiger partial charge in [-0.3, -0.25) is 4.79 Å². The van der Waals surface area contributed by atoms with Gasteiger partial charge in [0.05, 0.1) is 11.3 Å². The Kier molecular flexibility index (Phi) is 7.25. The highest BCUT2D eigenvalue weighted by Gasteiger charge is 2.14. The smallest absolute Gasteiger partial charge is 0.255 e. The Hall–Kier alpha value is -3.67. The Morgan fingerprint density at radius 1 is 1.12 bits per heavy atom. The fourth-order valence-electron chi connectivity index (χ4n) is 3.77. The van der Waals surface area contributed by atoms with Gasteiger partial charge < -0.3 is 21.8 Å². The van der Waals surface area contributed by atoms with Crippen LogP contribution in [-0.4, -0.2) is 16.6 Å². The summed E-state index contributed by atoms with van der Waals surface area (Å²) in [6.45, 7) is 8.40. The van der Waals surface area contributed by atoms with Crippen molar-refractivity contribution < 1.29 is 4.79 Å². The molecule has 1 aromatic heterocycles. The number of pyridine rings is 1. The molecule has 1 amide bonds. The van der Waals surface area contributed by atoms with E-state index in [0.717, 1.165) is 23.4 Å². The van der Waals surface area contributed by atoms with Gasteiger partial charge >= 0.3 is 0 Å². The zero-order valence-electron chi connectivity index (χ0n) is 19.1. The van der Waals surface area contributed by atoms with Crippen LogP contribution in [0.2, 0.25) is 0 Å². The number of benzene rings is 2.